The molecule has 0 spiro atoms. The lowest BCUT2D eigenvalue weighted by molar-refractivity contribution is -0.149. The van der Waals surface area contributed by atoms with Crippen LogP contribution in [0.5, 0.6) is 0 Å². The Morgan fingerprint density at radius 1 is 0.952 bits per heavy atom. The number of rotatable bonds is 8. The van der Waals surface area contributed by atoms with Crippen molar-refractivity contribution in [2.45, 2.75) is 31.7 Å². The highest BCUT2D eigenvalue weighted by Crippen LogP contribution is 1.91. The highest BCUT2D eigenvalue weighted by molar-refractivity contribution is 6.32. The molecule has 0 aromatic heterocycles. The summed E-state index contributed by atoms with van der Waals surface area (Å²) in [4.78, 5) is 39.8. The second-order valence-electron chi connectivity index (χ2n) is 3.50. The van der Waals surface area contributed by atoms with Gasteiger partial charge in [-0.15, -0.1) is 0 Å². The van der Waals surface area contributed by atoms with Crippen molar-refractivity contribution in [3.05, 3.63) is 0 Å². The molecule has 0 fully saturated rings. The minimum atomic E-state index is -1.58. The van der Waals surface area contributed by atoms with Crippen molar-refractivity contribution in [3.63, 3.8) is 0 Å². The number of hydrogen-bond donors (Lipinski definition) is 5. The van der Waals surface area contributed by atoms with E-state index in [9.17, 15) is 19.2 Å². The van der Waals surface area contributed by atoms with Crippen molar-refractivity contribution in [2.75, 3.05) is 6.54 Å². The maximum atomic E-state index is 10.2. The first-order chi connectivity index (χ1) is 8.72. The zero-order valence-electron chi connectivity index (χ0n) is 11.2. The second-order valence-corrected chi connectivity index (χ2v) is 3.50. The van der Waals surface area contributed by atoms with E-state index in [0.717, 1.165) is 0 Å². The summed E-state index contributed by atoms with van der Waals surface area (Å²) < 4.78 is 0. The summed E-state index contributed by atoms with van der Waals surface area (Å²) in [5.74, 6) is -4.78. The Bertz CT molecular complexity index is 332. The summed E-state index contributed by atoms with van der Waals surface area (Å²) in [6.07, 6.45) is 0.273. The molecule has 0 aliphatic rings. The molecule has 11 nitrogen and oxygen atoms in total. The number of carbonyl (C=O) groups excluding carboxylic acids is 1. The van der Waals surface area contributed by atoms with Gasteiger partial charge in [0.2, 0.25) is 5.78 Å². The van der Waals surface area contributed by atoms with Crippen LogP contribution in [0, 0.1) is 0 Å². The average molecular weight is 314 g/mol. The van der Waals surface area contributed by atoms with Crippen LogP contribution >= 0.6 is 0 Å². The first kappa shape index (κ1) is 27.3. The Morgan fingerprint density at radius 2 is 1.43 bits per heavy atom. The van der Waals surface area contributed by atoms with Gasteiger partial charge in [0.15, 0.2) is 0 Å². The van der Waals surface area contributed by atoms with Crippen LogP contribution in [0.2, 0.25) is 0 Å². The number of carboxylic acid groups (broad SMARTS) is 3. The monoisotopic (exact) mass is 314 g/mol. The van der Waals surface area contributed by atoms with Crippen molar-refractivity contribution in [3.8, 4) is 0 Å². The zero-order chi connectivity index (χ0) is 15.4. The molecule has 0 unspecified atom stereocenters. The molecule has 0 amide bonds. The van der Waals surface area contributed by atoms with E-state index in [0.29, 0.717) is 19.4 Å². The van der Waals surface area contributed by atoms with E-state index in [1.54, 1.807) is 0 Å². The smallest absolute Gasteiger partial charge is 0.372 e. The summed E-state index contributed by atoms with van der Waals surface area (Å²) in [5.41, 5.74) is 10.3. The molecule has 0 saturated heterocycles. The fourth-order valence-electron chi connectivity index (χ4n) is 0.789. The van der Waals surface area contributed by atoms with Gasteiger partial charge < -0.3 is 37.7 Å². The molecule has 0 bridgehead atoms. The van der Waals surface area contributed by atoms with Crippen molar-refractivity contribution in [1.29, 1.82) is 0 Å². The third-order valence-electron chi connectivity index (χ3n) is 1.84. The molecule has 0 aliphatic heterocycles. The van der Waals surface area contributed by atoms with Gasteiger partial charge in [0, 0.05) is 6.42 Å². The number of Topliss-reactive ketones (excluding diaryl/α,β-unsaturated/α-hetero) is 1. The van der Waals surface area contributed by atoms with E-state index in [2.05, 4.69) is 0 Å². The summed E-state index contributed by atoms with van der Waals surface area (Å²) in [5, 5.41) is 24.2. The van der Waals surface area contributed by atoms with Gasteiger partial charge in [0.05, 0.1) is 6.42 Å². The number of nitrogens with two attached hydrogens (primary N) is 2. The van der Waals surface area contributed by atoms with E-state index in [4.69, 9.17) is 26.8 Å². The molecule has 0 heterocycles. The predicted octanol–water partition coefficient (Wildman–Crippen LogP) is -3.01. The Hall–Kier alpha value is -2.08. The summed E-state index contributed by atoms with van der Waals surface area (Å²) >= 11 is 0. The number of carboxylic acids is 3. The van der Waals surface area contributed by atoms with Crippen LogP contribution in [0.15, 0.2) is 0 Å². The lowest BCUT2D eigenvalue weighted by Crippen LogP contribution is -2.30. The van der Waals surface area contributed by atoms with Gasteiger partial charge >= 0.3 is 17.9 Å². The molecule has 11 N–H and O–H groups in total. The highest BCUT2D eigenvalue weighted by atomic mass is 16.4. The van der Waals surface area contributed by atoms with Crippen molar-refractivity contribution in [1.82, 2.24) is 0 Å². The topological polar surface area (TPSA) is 244 Å². The van der Waals surface area contributed by atoms with Crippen LogP contribution in [-0.2, 0) is 19.2 Å². The molecule has 0 aliphatic carbocycles. The molecule has 11 heteroatoms. The molecular formula is C10H22N2O9. The minimum absolute atomic E-state index is 0. The molecule has 21 heavy (non-hydrogen) atoms. The molecule has 0 aromatic rings. The van der Waals surface area contributed by atoms with E-state index in [1.165, 1.54) is 0 Å². The Morgan fingerprint density at radius 3 is 1.71 bits per heavy atom. The van der Waals surface area contributed by atoms with Crippen LogP contribution in [-0.4, -0.2) is 62.5 Å². The van der Waals surface area contributed by atoms with Crippen molar-refractivity contribution < 1.29 is 45.5 Å². The molecule has 0 radical (unpaired) electrons. The maximum Gasteiger partial charge on any atom is 0.372 e. The second kappa shape index (κ2) is 16.0. The summed E-state index contributed by atoms with van der Waals surface area (Å²) in [6, 6.07) is -0.742. The third-order valence-corrected chi connectivity index (χ3v) is 1.84. The number of hydrogen-bond acceptors (Lipinski definition) is 6. The summed E-state index contributed by atoms with van der Waals surface area (Å²) in [7, 11) is 0. The van der Waals surface area contributed by atoms with Crippen molar-refractivity contribution in [2.24, 2.45) is 11.5 Å². The summed E-state index contributed by atoms with van der Waals surface area (Å²) in [6.45, 7) is 0.501. The molecule has 126 valence electrons. The fourth-order valence-corrected chi connectivity index (χ4v) is 0.789. The van der Waals surface area contributed by atoms with Gasteiger partial charge in [-0.05, 0) is 19.4 Å². The number of carbonyl (C=O) groups is 4. The van der Waals surface area contributed by atoms with Crippen LogP contribution in [0.25, 0.3) is 0 Å². The molecule has 0 rings (SSSR count). The van der Waals surface area contributed by atoms with Gasteiger partial charge in [0.1, 0.15) is 6.04 Å². The van der Waals surface area contributed by atoms with Gasteiger partial charge in [0.25, 0.3) is 0 Å². The highest BCUT2D eigenvalue weighted by Gasteiger charge is 2.12. The molecule has 0 aromatic carbocycles. The number of ketones is 1. The zero-order valence-corrected chi connectivity index (χ0v) is 11.2. The van der Waals surface area contributed by atoms with Crippen LogP contribution < -0.4 is 11.5 Å². The normalized spacial score (nSPS) is 9.81. The molecule has 0 saturated carbocycles. The standard InChI is InChI=1S/C5H12N2O2.C5H6O5.2H2O/c6-3-1-2-4(7)5(8)9;6-3(5(9)10)1-2-4(7)8;;/h4H,1-3,6-7H2,(H,8,9);1-2H2,(H,7,8)(H,9,10);2*1H2/t4-;;;/m0.../s1. The predicted molar refractivity (Wildman–Crippen MR) is 70.6 cm³/mol. The average Bonchev–Trinajstić information content (AvgIpc) is 2.33. The largest absolute Gasteiger partial charge is 0.481 e. The van der Waals surface area contributed by atoms with Crippen molar-refractivity contribution >= 4 is 23.7 Å². The third kappa shape index (κ3) is 20.4. The first-order valence-electron chi connectivity index (χ1n) is 5.38. The lowest BCUT2D eigenvalue weighted by atomic mass is 10.2. The Balaban J connectivity index is -0.000000126. The van der Waals surface area contributed by atoms with E-state index < -0.39 is 42.6 Å². The Kier molecular flexibility index (Phi) is 20.8. The lowest BCUT2D eigenvalue weighted by Gasteiger charge is -2.02. The molecule has 1 atom stereocenters. The quantitative estimate of drug-likeness (QED) is 0.286. The number of aliphatic carboxylic acids is 3. The van der Waals surface area contributed by atoms with Crippen LogP contribution in [0.3, 0.4) is 0 Å². The Labute approximate surface area is 120 Å². The van der Waals surface area contributed by atoms with Gasteiger partial charge in [-0.2, -0.15) is 0 Å². The van der Waals surface area contributed by atoms with Gasteiger partial charge in [-0.3, -0.25) is 14.4 Å². The molecular weight excluding hydrogens is 292 g/mol. The van der Waals surface area contributed by atoms with Gasteiger partial charge in [-0.25, -0.2) is 4.79 Å². The first-order valence-corrected chi connectivity index (χ1v) is 5.38. The van der Waals surface area contributed by atoms with Crippen LogP contribution in [0.1, 0.15) is 25.7 Å². The van der Waals surface area contributed by atoms with Crippen LogP contribution in [0.4, 0.5) is 0 Å². The van der Waals surface area contributed by atoms with E-state index >= 15 is 0 Å². The van der Waals surface area contributed by atoms with E-state index in [-0.39, 0.29) is 11.0 Å². The van der Waals surface area contributed by atoms with Gasteiger partial charge in [-0.1, -0.05) is 0 Å². The maximum absolute atomic E-state index is 10.2. The fraction of sp³-hybridized carbons (Fsp3) is 0.600. The minimum Gasteiger partial charge on any atom is -0.481 e. The SMILES string of the molecule is NCCC[C@H](N)C(=O)O.O.O.O=C(O)CCC(=O)C(=O)O. The van der Waals surface area contributed by atoms with E-state index in [1.807, 2.05) is 0 Å².